The molecule has 2 aliphatic rings. The Morgan fingerprint density at radius 1 is 1.38 bits per heavy atom. The molecule has 0 unspecified atom stereocenters. The third-order valence-electron chi connectivity index (χ3n) is 3.93. The summed E-state index contributed by atoms with van der Waals surface area (Å²) < 4.78 is 5.88. The zero-order chi connectivity index (χ0) is 14.9. The molecule has 3 rings (SSSR count). The molecule has 1 aliphatic heterocycles. The van der Waals surface area contributed by atoms with Gasteiger partial charge in [0.1, 0.15) is 11.4 Å². The number of hydrogen-bond acceptors (Lipinski definition) is 3. The van der Waals surface area contributed by atoms with Crippen LogP contribution in [-0.2, 0) is 17.8 Å². The second-order valence-electron chi connectivity index (χ2n) is 6.75. The summed E-state index contributed by atoms with van der Waals surface area (Å²) in [4.78, 5) is 11.6. The summed E-state index contributed by atoms with van der Waals surface area (Å²) in [5.41, 5.74) is 2.44. The van der Waals surface area contributed by atoms with Gasteiger partial charge in [0.15, 0.2) is 0 Å². The molecule has 0 atom stereocenters. The van der Waals surface area contributed by atoms with Crippen LogP contribution in [0, 0.1) is 0 Å². The molecule has 1 saturated carbocycles. The molecule has 4 heteroatoms. The van der Waals surface area contributed by atoms with Crippen molar-refractivity contribution in [2.75, 3.05) is 6.54 Å². The van der Waals surface area contributed by atoms with Crippen LogP contribution in [0.3, 0.4) is 0 Å². The molecule has 1 fully saturated rings. The van der Waals surface area contributed by atoms with E-state index >= 15 is 0 Å². The number of ether oxygens (including phenoxy) is 1. The molecule has 1 aromatic carbocycles. The third-order valence-corrected chi connectivity index (χ3v) is 3.93. The van der Waals surface area contributed by atoms with Gasteiger partial charge in [0, 0.05) is 32.0 Å². The van der Waals surface area contributed by atoms with Gasteiger partial charge in [-0.05, 0) is 43.9 Å². The maximum atomic E-state index is 11.6. The van der Waals surface area contributed by atoms with Crippen molar-refractivity contribution in [1.29, 1.82) is 0 Å². The molecule has 0 bridgehead atoms. The Hall–Kier alpha value is -1.55. The van der Waals surface area contributed by atoms with Gasteiger partial charge in [0.05, 0.1) is 0 Å². The van der Waals surface area contributed by atoms with Crippen molar-refractivity contribution in [2.24, 2.45) is 0 Å². The van der Waals surface area contributed by atoms with E-state index in [1.54, 1.807) is 0 Å². The summed E-state index contributed by atoms with van der Waals surface area (Å²) in [6.07, 6.45) is 3.80. The van der Waals surface area contributed by atoms with Gasteiger partial charge < -0.3 is 15.4 Å². The highest BCUT2D eigenvalue weighted by molar-refractivity contribution is 5.76. The smallest absolute Gasteiger partial charge is 0.221 e. The van der Waals surface area contributed by atoms with Crippen LogP contribution in [0.1, 0.15) is 44.2 Å². The summed E-state index contributed by atoms with van der Waals surface area (Å²) >= 11 is 0. The van der Waals surface area contributed by atoms with E-state index in [0.29, 0.717) is 12.5 Å². The number of rotatable bonds is 6. The topological polar surface area (TPSA) is 50.4 Å². The Balaban J connectivity index is 1.43. The monoisotopic (exact) mass is 288 g/mol. The summed E-state index contributed by atoms with van der Waals surface area (Å²) in [7, 11) is 0. The van der Waals surface area contributed by atoms with Gasteiger partial charge >= 0.3 is 0 Å². The normalized spacial score (nSPS) is 19.0. The fourth-order valence-electron chi connectivity index (χ4n) is 2.74. The van der Waals surface area contributed by atoms with Crippen molar-refractivity contribution in [3.05, 3.63) is 29.3 Å². The van der Waals surface area contributed by atoms with Crippen molar-refractivity contribution in [1.82, 2.24) is 10.6 Å². The van der Waals surface area contributed by atoms with E-state index in [4.69, 9.17) is 4.74 Å². The van der Waals surface area contributed by atoms with Crippen LogP contribution < -0.4 is 15.4 Å². The minimum absolute atomic E-state index is 0.0880. The molecular weight excluding hydrogens is 264 g/mol. The van der Waals surface area contributed by atoms with Crippen molar-refractivity contribution < 1.29 is 9.53 Å². The van der Waals surface area contributed by atoms with Crippen LogP contribution in [0.25, 0.3) is 0 Å². The molecule has 21 heavy (non-hydrogen) atoms. The zero-order valence-corrected chi connectivity index (χ0v) is 12.9. The van der Waals surface area contributed by atoms with Gasteiger partial charge in [-0.1, -0.05) is 12.1 Å². The predicted molar refractivity (Wildman–Crippen MR) is 82.3 cm³/mol. The SMILES string of the molecule is CC1(C)Cc2cc(CNCCC(=O)NC3CC3)ccc2O1. The number of benzene rings is 1. The van der Waals surface area contributed by atoms with Crippen LogP contribution in [-0.4, -0.2) is 24.1 Å². The molecule has 0 radical (unpaired) electrons. The highest BCUT2D eigenvalue weighted by Crippen LogP contribution is 2.35. The fraction of sp³-hybridized carbons (Fsp3) is 0.588. The maximum absolute atomic E-state index is 11.6. The lowest BCUT2D eigenvalue weighted by Crippen LogP contribution is -2.29. The number of carbonyl (C=O) groups is 1. The Morgan fingerprint density at radius 3 is 2.95 bits per heavy atom. The number of amides is 1. The van der Waals surface area contributed by atoms with E-state index in [1.165, 1.54) is 11.1 Å². The lowest BCUT2D eigenvalue weighted by molar-refractivity contribution is -0.121. The second-order valence-corrected chi connectivity index (χ2v) is 6.75. The number of nitrogens with one attached hydrogen (secondary N) is 2. The molecule has 0 spiro atoms. The fourth-order valence-corrected chi connectivity index (χ4v) is 2.74. The highest BCUT2D eigenvalue weighted by atomic mass is 16.5. The third kappa shape index (κ3) is 3.97. The molecular formula is C17H24N2O2. The average Bonchev–Trinajstić information content (AvgIpc) is 3.15. The Labute approximate surface area is 126 Å². The first-order valence-electron chi connectivity index (χ1n) is 7.83. The first-order valence-corrected chi connectivity index (χ1v) is 7.83. The van der Waals surface area contributed by atoms with Gasteiger partial charge in [-0.3, -0.25) is 4.79 Å². The molecule has 2 N–H and O–H groups in total. The van der Waals surface area contributed by atoms with Crippen molar-refractivity contribution in [3.63, 3.8) is 0 Å². The van der Waals surface area contributed by atoms with Gasteiger partial charge in [-0.25, -0.2) is 0 Å². The van der Waals surface area contributed by atoms with E-state index in [9.17, 15) is 4.79 Å². The van der Waals surface area contributed by atoms with E-state index in [2.05, 4.69) is 42.7 Å². The van der Waals surface area contributed by atoms with Crippen molar-refractivity contribution >= 4 is 5.91 Å². The highest BCUT2D eigenvalue weighted by Gasteiger charge is 2.29. The Kier molecular flexibility index (Phi) is 3.89. The van der Waals surface area contributed by atoms with Gasteiger partial charge in [0.25, 0.3) is 0 Å². The summed E-state index contributed by atoms with van der Waals surface area (Å²) in [5, 5.41) is 6.34. The van der Waals surface area contributed by atoms with Crippen molar-refractivity contribution in [2.45, 2.75) is 57.7 Å². The van der Waals surface area contributed by atoms with E-state index in [1.807, 2.05) is 0 Å². The first kappa shape index (κ1) is 14.4. The van der Waals surface area contributed by atoms with E-state index in [-0.39, 0.29) is 11.5 Å². The Bertz CT molecular complexity index is 536. The van der Waals surface area contributed by atoms with E-state index in [0.717, 1.165) is 38.1 Å². The molecule has 0 aromatic heterocycles. The number of carbonyl (C=O) groups excluding carboxylic acids is 1. The molecule has 1 amide bonds. The molecule has 0 saturated heterocycles. The molecule has 114 valence electrons. The molecule has 1 aromatic rings. The van der Waals surface area contributed by atoms with Crippen LogP contribution in [0.2, 0.25) is 0 Å². The van der Waals surface area contributed by atoms with Crippen LogP contribution >= 0.6 is 0 Å². The minimum atomic E-state index is -0.0880. The standard InChI is InChI=1S/C17H24N2O2/c1-17(2)10-13-9-12(3-6-15(13)21-17)11-18-8-7-16(20)19-14-4-5-14/h3,6,9,14,18H,4-5,7-8,10-11H2,1-2H3,(H,19,20). The van der Waals surface area contributed by atoms with Crippen LogP contribution in [0.5, 0.6) is 5.75 Å². The summed E-state index contributed by atoms with van der Waals surface area (Å²) in [6, 6.07) is 6.82. The minimum Gasteiger partial charge on any atom is -0.487 e. The molecule has 1 heterocycles. The summed E-state index contributed by atoms with van der Waals surface area (Å²) in [5.74, 6) is 1.17. The van der Waals surface area contributed by atoms with Crippen LogP contribution in [0.15, 0.2) is 18.2 Å². The number of fused-ring (bicyclic) bond motifs is 1. The van der Waals surface area contributed by atoms with Crippen molar-refractivity contribution in [3.8, 4) is 5.75 Å². The van der Waals surface area contributed by atoms with Gasteiger partial charge in [-0.15, -0.1) is 0 Å². The number of hydrogen-bond donors (Lipinski definition) is 2. The molecule has 4 nitrogen and oxygen atoms in total. The van der Waals surface area contributed by atoms with Gasteiger partial charge in [-0.2, -0.15) is 0 Å². The zero-order valence-electron chi connectivity index (χ0n) is 12.9. The Morgan fingerprint density at radius 2 is 2.19 bits per heavy atom. The first-order chi connectivity index (χ1) is 10.0. The van der Waals surface area contributed by atoms with Gasteiger partial charge in [0.2, 0.25) is 5.91 Å². The average molecular weight is 288 g/mol. The summed E-state index contributed by atoms with van der Waals surface area (Å²) in [6.45, 7) is 5.74. The van der Waals surface area contributed by atoms with Crippen LogP contribution in [0.4, 0.5) is 0 Å². The molecule has 1 aliphatic carbocycles. The second kappa shape index (κ2) is 5.68. The quantitative estimate of drug-likeness (QED) is 0.789. The maximum Gasteiger partial charge on any atom is 0.221 e. The largest absolute Gasteiger partial charge is 0.487 e. The predicted octanol–water partition coefficient (Wildman–Crippen LogP) is 2.16. The lowest BCUT2D eigenvalue weighted by atomic mass is 10.0. The lowest BCUT2D eigenvalue weighted by Gasteiger charge is -2.16. The van der Waals surface area contributed by atoms with E-state index < -0.39 is 0 Å².